The van der Waals surface area contributed by atoms with Crippen molar-refractivity contribution in [3.63, 3.8) is 0 Å². The highest BCUT2D eigenvalue weighted by Gasteiger charge is 2.08. The van der Waals surface area contributed by atoms with Gasteiger partial charge < -0.3 is 16.0 Å². The molecule has 0 fully saturated rings. The van der Waals surface area contributed by atoms with Crippen LogP contribution in [-0.2, 0) is 11.2 Å². The van der Waals surface area contributed by atoms with Crippen molar-refractivity contribution in [1.82, 2.24) is 5.32 Å². The molecule has 0 radical (unpaired) electrons. The lowest BCUT2D eigenvalue weighted by molar-refractivity contribution is -0.120. The molecule has 0 aliphatic carbocycles. The summed E-state index contributed by atoms with van der Waals surface area (Å²) in [5.74, 6) is -0.330. The molecule has 3 N–H and O–H groups in total. The maximum Gasteiger partial charge on any atom is 0.224 e. The van der Waals surface area contributed by atoms with E-state index in [1.54, 1.807) is 12.1 Å². The molecule has 0 aliphatic rings. The van der Waals surface area contributed by atoms with E-state index in [0.29, 0.717) is 13.1 Å². The van der Waals surface area contributed by atoms with Crippen molar-refractivity contribution < 1.29 is 12.0 Å². The van der Waals surface area contributed by atoms with Gasteiger partial charge in [0.2, 0.25) is 5.91 Å². The first-order chi connectivity index (χ1) is 12.7. The van der Waals surface area contributed by atoms with Gasteiger partial charge >= 0.3 is 0 Å². The largest absolute Gasteiger partial charge is 0.383 e. The predicted octanol–water partition coefficient (Wildman–Crippen LogP) is 4.24. The van der Waals surface area contributed by atoms with Gasteiger partial charge in [0.25, 0.3) is 0 Å². The van der Waals surface area contributed by atoms with Crippen molar-refractivity contribution in [3.8, 4) is 0 Å². The Morgan fingerprint density at radius 1 is 1.00 bits per heavy atom. The molecular weight excluding hydrogens is 329 g/mol. The van der Waals surface area contributed by atoms with Gasteiger partial charge in [0, 0.05) is 27.8 Å². The number of benzene rings is 3. The molecule has 0 spiro atoms. The molecule has 26 heavy (non-hydrogen) atoms. The summed E-state index contributed by atoms with van der Waals surface area (Å²) in [5.41, 5.74) is 2.59. The normalized spacial score (nSPS) is 10.5. The van der Waals surface area contributed by atoms with Crippen LogP contribution in [0.25, 0.3) is 10.8 Å². The summed E-state index contributed by atoms with van der Waals surface area (Å²) in [5, 5.41) is 15.5. The zero-order chi connectivity index (χ0) is 18.4. The Morgan fingerprint density at radius 3 is 2.46 bits per heavy atom. The molecule has 1 amide bonds. The van der Waals surface area contributed by atoms with E-state index in [1.807, 2.05) is 36.4 Å². The van der Waals surface area contributed by atoms with Crippen LogP contribution in [-0.4, -0.2) is 25.2 Å². The maximum atomic E-state index is 12.8. The van der Waals surface area contributed by atoms with Crippen molar-refractivity contribution in [2.45, 2.75) is 6.42 Å². The van der Waals surface area contributed by atoms with E-state index in [4.69, 9.17) is 5.41 Å². The monoisotopic (exact) mass is 353 g/mol. The second-order valence-electron chi connectivity index (χ2n) is 5.96. The van der Waals surface area contributed by atoms with Gasteiger partial charge in [-0.1, -0.05) is 36.4 Å². The van der Waals surface area contributed by atoms with Crippen LogP contribution in [0.15, 0.2) is 60.7 Å². The van der Waals surface area contributed by atoms with Crippen molar-refractivity contribution in [2.24, 2.45) is 0 Å². The third-order valence-electron chi connectivity index (χ3n) is 4.18. The lowest BCUT2D eigenvalue weighted by atomic mass is 9.98. The average Bonchev–Trinajstić information content (AvgIpc) is 2.67. The van der Waals surface area contributed by atoms with E-state index in [2.05, 4.69) is 10.6 Å². The fourth-order valence-corrected chi connectivity index (χ4v) is 2.88. The number of carbonyl (C=O) groups is 1. The van der Waals surface area contributed by atoms with Crippen molar-refractivity contribution in [3.05, 3.63) is 77.6 Å². The summed E-state index contributed by atoms with van der Waals surface area (Å²) < 4.78 is 12.8. The van der Waals surface area contributed by atoms with Crippen LogP contribution >= 0.6 is 0 Å². The molecule has 3 aromatic rings. The molecule has 0 bridgehead atoms. The first-order valence-corrected chi connectivity index (χ1v) is 8.44. The van der Waals surface area contributed by atoms with E-state index < -0.39 is 0 Å². The topological polar surface area (TPSA) is 65.0 Å². The second-order valence-corrected chi connectivity index (χ2v) is 5.96. The first kappa shape index (κ1) is 17.6. The summed E-state index contributed by atoms with van der Waals surface area (Å²) >= 11 is 0. The van der Waals surface area contributed by atoms with E-state index in [-0.39, 0.29) is 21.0 Å². The minimum Gasteiger partial charge on any atom is -0.383 e. The highest BCUT2D eigenvalue weighted by molar-refractivity contribution is 6.01. The number of amides is 1. The van der Waals surface area contributed by atoms with E-state index in [1.165, 1.54) is 18.3 Å². The quantitative estimate of drug-likeness (QED) is 0.439. The number of anilines is 1. The van der Waals surface area contributed by atoms with Gasteiger partial charge in [-0.25, -0.2) is 4.39 Å². The van der Waals surface area contributed by atoms with Crippen LogP contribution < -0.4 is 10.6 Å². The van der Waals surface area contributed by atoms with Crippen molar-refractivity contribution in [1.29, 1.82) is 5.41 Å². The molecule has 5 heteroatoms. The summed E-state index contributed by atoms with van der Waals surface area (Å²) in [6, 6.07) is 17.7. The number of nitrogens with one attached hydrogen (secondary N) is 3. The summed E-state index contributed by atoms with van der Waals surface area (Å²) in [6.07, 6.45) is 1.61. The van der Waals surface area contributed by atoms with E-state index >= 15 is 0 Å². The molecule has 3 aromatic carbocycles. The fourth-order valence-electron chi connectivity index (χ4n) is 2.88. The zero-order valence-electron chi connectivity index (χ0n) is 14.3. The molecule has 4 nitrogen and oxygen atoms in total. The van der Waals surface area contributed by atoms with Gasteiger partial charge in [-0.3, -0.25) is 4.79 Å². The van der Waals surface area contributed by atoms with Gasteiger partial charge in [0.1, 0.15) is 5.82 Å². The summed E-state index contributed by atoms with van der Waals surface area (Å²) in [6.45, 7) is 1.04. The van der Waals surface area contributed by atoms with Gasteiger partial charge in [-0.05, 0) is 46.2 Å². The van der Waals surface area contributed by atoms with Crippen LogP contribution in [0.5, 0.6) is 0 Å². The Hall–Kier alpha value is -3.21. The number of hydrogen-bond donors (Lipinski definition) is 3. The van der Waals surface area contributed by atoms with Crippen molar-refractivity contribution in [2.75, 3.05) is 18.4 Å². The number of hydrogen-bond acceptors (Lipinski definition) is 3. The SMILES string of the molecule is N=Cc1ccc(CC(=O)NCCNc2ccc(F)cc2)c2ccccc12.[HH].[HH]. The predicted molar refractivity (Wildman–Crippen MR) is 108 cm³/mol. The first-order valence-electron chi connectivity index (χ1n) is 8.44. The highest BCUT2D eigenvalue weighted by atomic mass is 19.1. The molecular formula is C21H24FN3O. The molecule has 0 heterocycles. The minimum absolute atomic E-state index is 0. The second kappa shape index (κ2) is 8.25. The molecule has 0 aromatic heterocycles. The Bertz CT molecular complexity index is 933. The Kier molecular flexibility index (Phi) is 5.59. The molecule has 0 saturated heterocycles. The van der Waals surface area contributed by atoms with Gasteiger partial charge in [0.05, 0.1) is 6.42 Å². The minimum atomic E-state index is -0.273. The molecule has 3 rings (SSSR count). The molecule has 0 atom stereocenters. The van der Waals surface area contributed by atoms with Crippen LogP contribution in [0.3, 0.4) is 0 Å². The van der Waals surface area contributed by atoms with E-state index in [0.717, 1.165) is 27.6 Å². The molecule has 0 unspecified atom stereocenters. The van der Waals surface area contributed by atoms with Crippen LogP contribution in [0.4, 0.5) is 10.1 Å². The fraction of sp³-hybridized carbons (Fsp3) is 0.143. The standard InChI is InChI=1S/C21H20FN3O.2H2/c22-17-7-9-18(10-8-17)24-11-12-25-21(26)13-15-5-6-16(14-23)20-4-2-1-3-19(15)20;;/h1-10,14,23-24H,11-13H2,(H,25,26);2*1H. The number of rotatable bonds is 7. The number of halogens is 1. The Morgan fingerprint density at radius 2 is 1.73 bits per heavy atom. The molecule has 0 aliphatic heterocycles. The third-order valence-corrected chi connectivity index (χ3v) is 4.18. The molecule has 0 saturated carbocycles. The van der Waals surface area contributed by atoms with Gasteiger partial charge in [0.15, 0.2) is 0 Å². The third kappa shape index (κ3) is 4.25. The maximum absolute atomic E-state index is 12.8. The van der Waals surface area contributed by atoms with Crippen LogP contribution in [0, 0.1) is 11.2 Å². The lowest BCUT2D eigenvalue weighted by Crippen LogP contribution is -2.30. The molecule has 136 valence electrons. The zero-order valence-corrected chi connectivity index (χ0v) is 14.3. The number of carbonyl (C=O) groups excluding carboxylic acids is 1. The summed E-state index contributed by atoms with van der Waals surface area (Å²) in [4.78, 5) is 12.2. The lowest BCUT2D eigenvalue weighted by Gasteiger charge is -2.10. The highest BCUT2D eigenvalue weighted by Crippen LogP contribution is 2.22. The van der Waals surface area contributed by atoms with Gasteiger partial charge in [-0.2, -0.15) is 0 Å². The Labute approximate surface area is 154 Å². The van der Waals surface area contributed by atoms with Gasteiger partial charge in [-0.15, -0.1) is 0 Å². The van der Waals surface area contributed by atoms with E-state index in [9.17, 15) is 9.18 Å². The smallest absolute Gasteiger partial charge is 0.224 e. The number of fused-ring (bicyclic) bond motifs is 1. The van der Waals surface area contributed by atoms with Crippen LogP contribution in [0.2, 0.25) is 0 Å². The van der Waals surface area contributed by atoms with Crippen LogP contribution in [0.1, 0.15) is 14.0 Å². The Balaban J connectivity index is 0.00000196. The van der Waals surface area contributed by atoms with Crippen molar-refractivity contribution >= 4 is 28.6 Å². The summed E-state index contributed by atoms with van der Waals surface area (Å²) in [7, 11) is 0. The average molecular weight is 353 g/mol.